The number of ether oxygens (including phenoxy) is 1. The van der Waals surface area contributed by atoms with E-state index in [4.69, 9.17) is 8.85 Å². The molecule has 12 heteroatoms. The van der Waals surface area contributed by atoms with E-state index in [1.165, 1.54) is 24.1 Å². The number of aryl methyl sites for hydroxylation is 1. The SMILES string of the molecule is [2H]C([2H])([2H])NC(=O)c1nnc(NC(=O)C2CC2)cc1Nc1nccc(-n2cc(C)nn2)c1OC. The first-order valence-corrected chi connectivity index (χ1v) is 9.35. The lowest BCUT2D eigenvalue weighted by molar-refractivity contribution is -0.117. The molecular weight excluding hydrogens is 402 g/mol. The lowest BCUT2D eigenvalue weighted by Gasteiger charge is -2.15. The maximum atomic E-state index is 12.6. The van der Waals surface area contributed by atoms with Crippen molar-refractivity contribution in [3.8, 4) is 11.4 Å². The van der Waals surface area contributed by atoms with Crippen molar-refractivity contribution >= 4 is 29.1 Å². The summed E-state index contributed by atoms with van der Waals surface area (Å²) in [6.07, 6.45) is 4.76. The van der Waals surface area contributed by atoms with Crippen molar-refractivity contribution < 1.29 is 18.4 Å². The number of hydrogen-bond acceptors (Lipinski definition) is 9. The summed E-state index contributed by atoms with van der Waals surface area (Å²) in [5.74, 6) is -0.733. The number of carbonyl (C=O) groups excluding carboxylic acids is 2. The van der Waals surface area contributed by atoms with Crippen molar-refractivity contribution in [1.82, 2.24) is 35.5 Å². The lowest BCUT2D eigenvalue weighted by atomic mass is 10.2. The molecule has 2 amide bonds. The average Bonchev–Trinajstić information content (AvgIpc) is 3.53. The lowest BCUT2D eigenvalue weighted by Crippen LogP contribution is -2.22. The van der Waals surface area contributed by atoms with E-state index < -0.39 is 12.9 Å². The molecule has 0 atom stereocenters. The van der Waals surface area contributed by atoms with E-state index in [0.717, 1.165) is 12.8 Å². The Kier molecular flexibility index (Phi) is 4.49. The number of amides is 2. The third-order valence-corrected chi connectivity index (χ3v) is 4.52. The number of methoxy groups -OCH3 is 1. The van der Waals surface area contributed by atoms with Crippen molar-refractivity contribution in [3.63, 3.8) is 0 Å². The Morgan fingerprint density at radius 1 is 1.29 bits per heavy atom. The van der Waals surface area contributed by atoms with Gasteiger partial charge < -0.3 is 20.7 Å². The molecular formula is C19H21N9O3. The molecule has 0 radical (unpaired) electrons. The Hall–Kier alpha value is -4.09. The molecule has 31 heavy (non-hydrogen) atoms. The van der Waals surface area contributed by atoms with Gasteiger partial charge in [0.05, 0.1) is 24.7 Å². The van der Waals surface area contributed by atoms with Gasteiger partial charge in [-0.25, -0.2) is 9.67 Å². The Morgan fingerprint density at radius 3 is 2.81 bits per heavy atom. The summed E-state index contributed by atoms with van der Waals surface area (Å²) in [5.41, 5.74) is 0.941. The van der Waals surface area contributed by atoms with Crippen LogP contribution in [0.3, 0.4) is 0 Å². The molecule has 0 unspecified atom stereocenters. The number of aromatic nitrogens is 6. The molecule has 12 nitrogen and oxygen atoms in total. The summed E-state index contributed by atoms with van der Waals surface area (Å²) >= 11 is 0. The number of carbonyl (C=O) groups is 2. The van der Waals surface area contributed by atoms with Crippen LogP contribution in [0.4, 0.5) is 17.3 Å². The second kappa shape index (κ2) is 8.34. The van der Waals surface area contributed by atoms with E-state index in [-0.39, 0.29) is 40.6 Å². The van der Waals surface area contributed by atoms with E-state index in [2.05, 4.69) is 36.1 Å². The Balaban J connectivity index is 1.72. The van der Waals surface area contributed by atoms with Gasteiger partial charge in [-0.1, -0.05) is 5.21 Å². The highest BCUT2D eigenvalue weighted by Crippen LogP contribution is 2.33. The summed E-state index contributed by atoms with van der Waals surface area (Å²) in [7, 11) is 1.43. The highest BCUT2D eigenvalue weighted by Gasteiger charge is 2.30. The highest BCUT2D eigenvalue weighted by atomic mass is 16.5. The fourth-order valence-electron chi connectivity index (χ4n) is 2.85. The topological polar surface area (TPSA) is 149 Å². The molecule has 160 valence electrons. The smallest absolute Gasteiger partial charge is 0.273 e. The number of pyridine rings is 1. The average molecular weight is 426 g/mol. The molecule has 0 bridgehead atoms. The van der Waals surface area contributed by atoms with Crippen LogP contribution in [0.25, 0.3) is 5.69 Å². The van der Waals surface area contributed by atoms with Crippen molar-refractivity contribution in [1.29, 1.82) is 0 Å². The maximum absolute atomic E-state index is 12.6. The molecule has 4 rings (SSSR count). The fourth-order valence-corrected chi connectivity index (χ4v) is 2.85. The predicted octanol–water partition coefficient (Wildman–Crippen LogP) is 1.22. The monoisotopic (exact) mass is 426 g/mol. The number of nitrogens with zero attached hydrogens (tertiary/aromatic N) is 6. The Morgan fingerprint density at radius 2 is 2.13 bits per heavy atom. The summed E-state index contributed by atoms with van der Waals surface area (Å²) in [4.78, 5) is 29.0. The van der Waals surface area contributed by atoms with Crippen LogP contribution in [0.15, 0.2) is 24.5 Å². The number of nitrogens with one attached hydrogen (secondary N) is 3. The molecule has 1 fully saturated rings. The normalized spacial score (nSPS) is 14.7. The minimum Gasteiger partial charge on any atom is -0.491 e. The summed E-state index contributed by atoms with van der Waals surface area (Å²) in [6.45, 7) is -0.956. The molecule has 0 aliphatic heterocycles. The highest BCUT2D eigenvalue weighted by molar-refractivity contribution is 5.99. The van der Waals surface area contributed by atoms with Gasteiger partial charge in [0.25, 0.3) is 5.91 Å². The van der Waals surface area contributed by atoms with E-state index in [1.54, 1.807) is 19.2 Å². The summed E-state index contributed by atoms with van der Waals surface area (Å²) in [5, 5.41) is 23.2. The zero-order valence-corrected chi connectivity index (χ0v) is 16.7. The molecule has 1 saturated carbocycles. The number of anilines is 3. The molecule has 3 N–H and O–H groups in total. The van der Waals surface area contributed by atoms with Gasteiger partial charge in [0.2, 0.25) is 5.91 Å². The first kappa shape index (κ1) is 16.7. The zero-order valence-electron chi connectivity index (χ0n) is 19.7. The van der Waals surface area contributed by atoms with Crippen LogP contribution in [0.2, 0.25) is 0 Å². The van der Waals surface area contributed by atoms with Crippen molar-refractivity contribution in [2.75, 3.05) is 24.7 Å². The predicted molar refractivity (Wildman–Crippen MR) is 111 cm³/mol. The van der Waals surface area contributed by atoms with E-state index in [9.17, 15) is 9.59 Å². The number of rotatable bonds is 7. The van der Waals surface area contributed by atoms with E-state index in [0.29, 0.717) is 11.4 Å². The standard InChI is InChI=1S/C19H21N9O3/c1-10-9-28(27-24-10)13-6-7-21-17(16(13)31-3)22-12-8-14(23-18(29)11-4-5-11)25-26-15(12)19(30)20-2/h6-9,11H,4-5H2,1-3H3,(H,20,30)(H2,21,22,23,25,29)/i2D3. The molecule has 0 aromatic carbocycles. The minimum absolute atomic E-state index is 0.0561. The molecule has 3 heterocycles. The van der Waals surface area contributed by atoms with Gasteiger partial charge in [-0.3, -0.25) is 9.59 Å². The molecule has 0 saturated heterocycles. The van der Waals surface area contributed by atoms with E-state index in [1.807, 2.05) is 5.32 Å². The molecule has 1 aliphatic rings. The Labute approximate surface area is 181 Å². The van der Waals surface area contributed by atoms with Crippen molar-refractivity contribution in [2.45, 2.75) is 19.8 Å². The van der Waals surface area contributed by atoms with Gasteiger partial charge in [-0.2, -0.15) is 0 Å². The Bertz CT molecular complexity index is 1240. The van der Waals surface area contributed by atoms with Gasteiger partial charge in [-0.05, 0) is 25.8 Å². The van der Waals surface area contributed by atoms with Crippen LogP contribution in [0.1, 0.15) is 33.1 Å². The van der Waals surface area contributed by atoms with Crippen LogP contribution in [0, 0.1) is 12.8 Å². The first-order chi connectivity index (χ1) is 16.1. The van der Waals surface area contributed by atoms with Crippen molar-refractivity contribution in [2.24, 2.45) is 5.92 Å². The quantitative estimate of drug-likeness (QED) is 0.507. The third kappa shape index (κ3) is 4.27. The first-order valence-electron chi connectivity index (χ1n) is 10.8. The summed E-state index contributed by atoms with van der Waals surface area (Å²) in [6, 6.07) is 3.03. The van der Waals surface area contributed by atoms with Gasteiger partial charge in [0, 0.05) is 29.3 Å². The van der Waals surface area contributed by atoms with Crippen LogP contribution in [0.5, 0.6) is 5.75 Å². The van der Waals surface area contributed by atoms with E-state index >= 15 is 0 Å². The molecule has 1 aliphatic carbocycles. The van der Waals surface area contributed by atoms with Gasteiger partial charge in [0.1, 0.15) is 5.69 Å². The van der Waals surface area contributed by atoms with Gasteiger partial charge >= 0.3 is 0 Å². The second-order valence-corrected chi connectivity index (χ2v) is 6.85. The van der Waals surface area contributed by atoms with Crippen molar-refractivity contribution in [3.05, 3.63) is 35.9 Å². The summed E-state index contributed by atoms with van der Waals surface area (Å²) < 4.78 is 28.9. The van der Waals surface area contributed by atoms with Gasteiger partial charge in [0.15, 0.2) is 23.1 Å². The van der Waals surface area contributed by atoms with Gasteiger partial charge in [-0.15, -0.1) is 15.3 Å². The third-order valence-electron chi connectivity index (χ3n) is 4.52. The fraction of sp³-hybridized carbons (Fsp3) is 0.316. The maximum Gasteiger partial charge on any atom is 0.273 e. The van der Waals surface area contributed by atoms with Crippen LogP contribution < -0.4 is 20.7 Å². The molecule has 3 aromatic rings. The minimum atomic E-state index is -2.74. The molecule has 0 spiro atoms. The number of hydrogen-bond donors (Lipinski definition) is 3. The van der Waals surface area contributed by atoms with Crippen LogP contribution in [-0.4, -0.2) is 56.1 Å². The van der Waals surface area contributed by atoms with Crippen LogP contribution >= 0.6 is 0 Å². The van der Waals surface area contributed by atoms with Crippen LogP contribution in [-0.2, 0) is 4.79 Å². The second-order valence-electron chi connectivity index (χ2n) is 6.85. The molecule has 3 aromatic heterocycles. The zero-order chi connectivity index (χ0) is 24.5. The largest absolute Gasteiger partial charge is 0.491 e.